The summed E-state index contributed by atoms with van der Waals surface area (Å²) in [6, 6.07) is 6.28. The van der Waals surface area contributed by atoms with Gasteiger partial charge in [0.2, 0.25) is 5.91 Å². The first kappa shape index (κ1) is 19.2. The molecule has 1 aliphatic heterocycles. The standard InChI is InChI=1S/C21H32N2O3/c1-3-19-18-13-17(26-2)8-7-16(18)9-12-23(19)20(24)14-22-15-21(25)10-5-4-6-11-21/h7-8,13,19,22,25H,3-6,9-12,14-15H2,1-2H3. The van der Waals surface area contributed by atoms with Gasteiger partial charge in [-0.3, -0.25) is 4.79 Å². The van der Waals surface area contributed by atoms with Gasteiger partial charge in [-0.2, -0.15) is 0 Å². The van der Waals surface area contributed by atoms with Crippen LogP contribution >= 0.6 is 0 Å². The van der Waals surface area contributed by atoms with Crippen LogP contribution in [0.2, 0.25) is 0 Å². The topological polar surface area (TPSA) is 61.8 Å². The first-order chi connectivity index (χ1) is 12.6. The molecule has 0 saturated heterocycles. The third-order valence-corrected chi connectivity index (χ3v) is 5.93. The zero-order valence-electron chi connectivity index (χ0n) is 16.1. The number of methoxy groups -OCH3 is 1. The van der Waals surface area contributed by atoms with Gasteiger partial charge in [-0.05, 0) is 48.9 Å². The van der Waals surface area contributed by atoms with Gasteiger partial charge in [-0.25, -0.2) is 0 Å². The molecule has 1 heterocycles. The minimum absolute atomic E-state index is 0.0981. The Hall–Kier alpha value is -1.59. The molecule has 26 heavy (non-hydrogen) atoms. The Bertz CT molecular complexity index is 626. The number of ether oxygens (including phenoxy) is 1. The molecule has 0 bridgehead atoms. The van der Waals surface area contributed by atoms with E-state index in [-0.39, 0.29) is 18.5 Å². The number of hydrogen-bond acceptors (Lipinski definition) is 4. The summed E-state index contributed by atoms with van der Waals surface area (Å²) in [6.45, 7) is 3.67. The number of amides is 1. The van der Waals surface area contributed by atoms with Crippen molar-refractivity contribution in [3.63, 3.8) is 0 Å². The van der Waals surface area contributed by atoms with Crippen molar-refractivity contribution in [1.82, 2.24) is 10.2 Å². The minimum atomic E-state index is -0.634. The van der Waals surface area contributed by atoms with Crippen LogP contribution in [0.5, 0.6) is 5.75 Å². The van der Waals surface area contributed by atoms with Crippen molar-refractivity contribution in [2.24, 2.45) is 0 Å². The van der Waals surface area contributed by atoms with Gasteiger partial charge in [0.05, 0.1) is 25.3 Å². The number of carbonyl (C=O) groups excluding carboxylic acids is 1. The molecule has 5 heteroatoms. The van der Waals surface area contributed by atoms with Crippen LogP contribution in [-0.2, 0) is 11.2 Å². The molecule has 2 aliphatic rings. The molecular formula is C21H32N2O3. The summed E-state index contributed by atoms with van der Waals surface area (Å²) < 4.78 is 5.37. The fourth-order valence-corrected chi connectivity index (χ4v) is 4.43. The number of rotatable bonds is 6. The number of fused-ring (bicyclic) bond motifs is 1. The van der Waals surface area contributed by atoms with E-state index in [9.17, 15) is 9.90 Å². The van der Waals surface area contributed by atoms with Crippen LogP contribution in [-0.4, -0.2) is 48.3 Å². The number of benzene rings is 1. The maximum absolute atomic E-state index is 12.8. The molecule has 3 rings (SSSR count). The van der Waals surface area contributed by atoms with Crippen molar-refractivity contribution < 1.29 is 14.6 Å². The quantitative estimate of drug-likeness (QED) is 0.819. The largest absolute Gasteiger partial charge is 0.497 e. The Kier molecular flexibility index (Phi) is 6.20. The number of aliphatic hydroxyl groups is 1. The predicted molar refractivity (Wildman–Crippen MR) is 102 cm³/mol. The summed E-state index contributed by atoms with van der Waals surface area (Å²) >= 11 is 0. The van der Waals surface area contributed by atoms with E-state index < -0.39 is 5.60 Å². The van der Waals surface area contributed by atoms with Crippen LogP contribution in [0.1, 0.15) is 62.6 Å². The lowest BCUT2D eigenvalue weighted by molar-refractivity contribution is -0.133. The average molecular weight is 360 g/mol. The van der Waals surface area contributed by atoms with Crippen LogP contribution in [0.4, 0.5) is 0 Å². The molecule has 0 radical (unpaired) electrons. The molecule has 1 fully saturated rings. The molecule has 5 nitrogen and oxygen atoms in total. The second-order valence-corrected chi connectivity index (χ2v) is 7.71. The van der Waals surface area contributed by atoms with Crippen LogP contribution in [0, 0.1) is 0 Å². The van der Waals surface area contributed by atoms with Crippen molar-refractivity contribution in [2.75, 3.05) is 26.7 Å². The van der Waals surface area contributed by atoms with Gasteiger partial charge in [0.15, 0.2) is 0 Å². The highest BCUT2D eigenvalue weighted by atomic mass is 16.5. The SMILES string of the molecule is CCC1c2cc(OC)ccc2CCN1C(=O)CNCC1(O)CCCCC1. The Balaban J connectivity index is 1.61. The van der Waals surface area contributed by atoms with Crippen molar-refractivity contribution in [1.29, 1.82) is 0 Å². The van der Waals surface area contributed by atoms with E-state index in [1.165, 1.54) is 17.5 Å². The smallest absolute Gasteiger partial charge is 0.237 e. The summed E-state index contributed by atoms with van der Waals surface area (Å²) in [7, 11) is 1.67. The van der Waals surface area contributed by atoms with Gasteiger partial charge >= 0.3 is 0 Å². The number of nitrogens with one attached hydrogen (secondary N) is 1. The predicted octanol–water partition coefficient (Wildman–Crippen LogP) is 2.82. The average Bonchev–Trinajstić information content (AvgIpc) is 2.66. The monoisotopic (exact) mass is 360 g/mol. The Morgan fingerprint density at radius 3 is 2.81 bits per heavy atom. The Morgan fingerprint density at radius 1 is 1.35 bits per heavy atom. The number of hydrogen-bond donors (Lipinski definition) is 2. The molecule has 1 aliphatic carbocycles. The number of carbonyl (C=O) groups is 1. The van der Waals surface area contributed by atoms with E-state index in [0.717, 1.165) is 50.8 Å². The molecule has 1 aromatic carbocycles. The van der Waals surface area contributed by atoms with Gasteiger partial charge in [-0.15, -0.1) is 0 Å². The third kappa shape index (κ3) is 4.21. The molecular weight excluding hydrogens is 328 g/mol. The molecule has 1 amide bonds. The van der Waals surface area contributed by atoms with Gasteiger partial charge in [0, 0.05) is 13.1 Å². The lowest BCUT2D eigenvalue weighted by atomic mass is 9.85. The van der Waals surface area contributed by atoms with E-state index in [0.29, 0.717) is 6.54 Å². The van der Waals surface area contributed by atoms with Crippen LogP contribution < -0.4 is 10.1 Å². The van der Waals surface area contributed by atoms with Gasteiger partial charge in [0.1, 0.15) is 5.75 Å². The lowest BCUT2D eigenvalue weighted by Gasteiger charge is -2.38. The molecule has 1 unspecified atom stereocenters. The Labute approximate surface area is 156 Å². The van der Waals surface area contributed by atoms with E-state index in [1.807, 2.05) is 11.0 Å². The van der Waals surface area contributed by atoms with Crippen LogP contribution in [0.15, 0.2) is 18.2 Å². The first-order valence-corrected chi connectivity index (χ1v) is 9.96. The van der Waals surface area contributed by atoms with E-state index in [2.05, 4.69) is 24.4 Å². The molecule has 1 aromatic rings. The van der Waals surface area contributed by atoms with Crippen molar-refractivity contribution in [3.05, 3.63) is 29.3 Å². The van der Waals surface area contributed by atoms with Crippen molar-refractivity contribution in [2.45, 2.75) is 63.5 Å². The van der Waals surface area contributed by atoms with Gasteiger partial charge in [-0.1, -0.05) is 32.3 Å². The molecule has 0 aromatic heterocycles. The molecule has 2 N–H and O–H groups in total. The maximum Gasteiger partial charge on any atom is 0.237 e. The van der Waals surface area contributed by atoms with E-state index in [1.54, 1.807) is 7.11 Å². The van der Waals surface area contributed by atoms with Gasteiger partial charge < -0.3 is 20.1 Å². The molecule has 1 saturated carbocycles. The van der Waals surface area contributed by atoms with Gasteiger partial charge in [0.25, 0.3) is 0 Å². The highest BCUT2D eigenvalue weighted by Gasteiger charge is 2.31. The molecule has 1 atom stereocenters. The summed E-state index contributed by atoms with van der Waals surface area (Å²) in [5.41, 5.74) is 1.88. The highest BCUT2D eigenvalue weighted by molar-refractivity contribution is 5.79. The number of nitrogens with zero attached hydrogens (tertiary/aromatic N) is 1. The second kappa shape index (κ2) is 8.40. The van der Waals surface area contributed by atoms with E-state index in [4.69, 9.17) is 4.74 Å². The maximum atomic E-state index is 12.8. The van der Waals surface area contributed by atoms with Crippen molar-refractivity contribution >= 4 is 5.91 Å². The fourth-order valence-electron chi connectivity index (χ4n) is 4.43. The summed E-state index contributed by atoms with van der Waals surface area (Å²) in [5.74, 6) is 0.957. The lowest BCUT2D eigenvalue weighted by Crippen LogP contribution is -2.48. The highest BCUT2D eigenvalue weighted by Crippen LogP contribution is 2.34. The summed E-state index contributed by atoms with van der Waals surface area (Å²) in [6.07, 6.45) is 6.80. The van der Waals surface area contributed by atoms with Crippen LogP contribution in [0.3, 0.4) is 0 Å². The summed E-state index contributed by atoms with van der Waals surface area (Å²) in [4.78, 5) is 14.8. The summed E-state index contributed by atoms with van der Waals surface area (Å²) in [5, 5.41) is 13.8. The van der Waals surface area contributed by atoms with Crippen molar-refractivity contribution in [3.8, 4) is 5.75 Å². The van der Waals surface area contributed by atoms with E-state index >= 15 is 0 Å². The third-order valence-electron chi connectivity index (χ3n) is 5.93. The molecule has 0 spiro atoms. The second-order valence-electron chi connectivity index (χ2n) is 7.71. The fraction of sp³-hybridized carbons (Fsp3) is 0.667. The zero-order valence-corrected chi connectivity index (χ0v) is 16.1. The first-order valence-electron chi connectivity index (χ1n) is 9.96. The van der Waals surface area contributed by atoms with Crippen LogP contribution in [0.25, 0.3) is 0 Å². The molecule has 144 valence electrons. The minimum Gasteiger partial charge on any atom is -0.497 e. The Morgan fingerprint density at radius 2 is 2.12 bits per heavy atom. The normalized spacial score (nSPS) is 22.0. The zero-order chi connectivity index (χ0) is 18.6.